The van der Waals surface area contributed by atoms with Crippen molar-refractivity contribution in [3.63, 3.8) is 0 Å². The maximum atomic E-state index is 2.39. The highest BCUT2D eigenvalue weighted by Crippen LogP contribution is 2.34. The Morgan fingerprint density at radius 3 is 2.18 bits per heavy atom. The van der Waals surface area contributed by atoms with E-state index in [0.717, 1.165) is 5.92 Å². The minimum absolute atomic E-state index is 0.398. The number of rotatable bonds is 8. The topological polar surface area (TPSA) is 0 Å². The van der Waals surface area contributed by atoms with Gasteiger partial charge in [-0.3, -0.25) is 0 Å². The lowest BCUT2D eigenvalue weighted by atomic mass is 9.78. The van der Waals surface area contributed by atoms with Crippen LogP contribution >= 0.6 is 0 Å². The van der Waals surface area contributed by atoms with Crippen molar-refractivity contribution in [2.75, 3.05) is 0 Å². The van der Waals surface area contributed by atoms with Crippen LogP contribution in [0, 0.1) is 11.3 Å². The van der Waals surface area contributed by atoms with Gasteiger partial charge in [-0.05, 0) is 44.4 Å². The van der Waals surface area contributed by atoms with Gasteiger partial charge in [0.2, 0.25) is 0 Å². The normalized spacial score (nSPS) is 15.7. The third-order valence-corrected chi connectivity index (χ3v) is 4.48. The molecule has 0 saturated heterocycles. The molecule has 0 aromatic carbocycles. The predicted molar refractivity (Wildman–Crippen MR) is 80.4 cm³/mol. The van der Waals surface area contributed by atoms with E-state index in [9.17, 15) is 0 Å². The van der Waals surface area contributed by atoms with E-state index in [2.05, 4.69) is 48.5 Å². The van der Waals surface area contributed by atoms with Crippen molar-refractivity contribution in [2.45, 2.75) is 87.0 Å². The third kappa shape index (κ3) is 6.29. The Bertz CT molecular complexity index is 232. The fourth-order valence-electron chi connectivity index (χ4n) is 2.50. The molecule has 0 saturated carbocycles. The van der Waals surface area contributed by atoms with Crippen molar-refractivity contribution < 1.29 is 0 Å². The quantitative estimate of drug-likeness (QED) is 0.431. The van der Waals surface area contributed by atoms with Crippen molar-refractivity contribution in [2.24, 2.45) is 11.3 Å². The molecule has 0 heterocycles. The van der Waals surface area contributed by atoms with Crippen molar-refractivity contribution in [3.05, 3.63) is 11.1 Å². The van der Waals surface area contributed by atoms with Crippen LogP contribution in [-0.2, 0) is 0 Å². The Hall–Kier alpha value is -0.260. The first-order chi connectivity index (χ1) is 7.85. The number of hydrogen-bond acceptors (Lipinski definition) is 0. The lowest BCUT2D eigenvalue weighted by Crippen LogP contribution is -2.14. The summed E-state index contributed by atoms with van der Waals surface area (Å²) in [5.41, 5.74) is 3.66. The van der Waals surface area contributed by atoms with Crippen LogP contribution in [0.5, 0.6) is 0 Å². The molecule has 0 nitrogen and oxygen atoms in total. The van der Waals surface area contributed by atoms with Crippen LogP contribution in [0.3, 0.4) is 0 Å². The van der Waals surface area contributed by atoms with Crippen molar-refractivity contribution in [3.8, 4) is 0 Å². The Labute approximate surface area is 110 Å². The zero-order valence-corrected chi connectivity index (χ0v) is 13.3. The van der Waals surface area contributed by atoms with Gasteiger partial charge in [0.15, 0.2) is 0 Å². The van der Waals surface area contributed by atoms with Crippen LogP contribution in [0.4, 0.5) is 0 Å². The van der Waals surface area contributed by atoms with Crippen LogP contribution in [0.2, 0.25) is 0 Å². The second-order valence-electron chi connectivity index (χ2n) is 6.44. The lowest BCUT2D eigenvalue weighted by Gasteiger charge is -2.27. The average Bonchev–Trinajstić information content (AvgIpc) is 2.27. The molecule has 0 aliphatic heterocycles. The summed E-state index contributed by atoms with van der Waals surface area (Å²) in [6.45, 7) is 16.4. The molecule has 0 aliphatic carbocycles. The smallest absolute Gasteiger partial charge is 0.0145 e. The molecule has 0 bridgehead atoms. The highest BCUT2D eigenvalue weighted by molar-refractivity contribution is 5.16. The van der Waals surface area contributed by atoms with Crippen molar-refractivity contribution in [1.29, 1.82) is 0 Å². The van der Waals surface area contributed by atoms with Gasteiger partial charge in [-0.2, -0.15) is 0 Å². The molecule has 0 aliphatic rings. The highest BCUT2D eigenvalue weighted by atomic mass is 14.3. The molecule has 0 aromatic heterocycles. The second-order valence-corrected chi connectivity index (χ2v) is 6.44. The van der Waals surface area contributed by atoms with Gasteiger partial charge in [0.1, 0.15) is 0 Å². The minimum atomic E-state index is 0.398. The largest absolute Gasteiger partial charge is 0.0739 e. The summed E-state index contributed by atoms with van der Waals surface area (Å²) in [6.07, 6.45) is 7.95. The summed E-state index contributed by atoms with van der Waals surface area (Å²) in [5, 5.41) is 0. The molecule has 0 fully saturated rings. The van der Waals surface area contributed by atoms with Crippen LogP contribution in [0.1, 0.15) is 87.0 Å². The van der Waals surface area contributed by atoms with Gasteiger partial charge in [-0.1, -0.05) is 65.0 Å². The lowest BCUT2D eigenvalue weighted by molar-refractivity contribution is 0.396. The third-order valence-electron chi connectivity index (χ3n) is 4.48. The van der Waals surface area contributed by atoms with Gasteiger partial charge in [-0.25, -0.2) is 0 Å². The number of allylic oxidation sites excluding steroid dienone is 2. The number of hydrogen-bond donors (Lipinski definition) is 0. The molecule has 0 amide bonds. The molecule has 0 radical (unpaired) electrons. The molecule has 0 heteroatoms. The van der Waals surface area contributed by atoms with Crippen molar-refractivity contribution >= 4 is 0 Å². The van der Waals surface area contributed by atoms with E-state index >= 15 is 0 Å². The van der Waals surface area contributed by atoms with Gasteiger partial charge >= 0.3 is 0 Å². The maximum Gasteiger partial charge on any atom is -0.0145 e. The van der Waals surface area contributed by atoms with Crippen LogP contribution in [0.25, 0.3) is 0 Å². The summed E-state index contributed by atoms with van der Waals surface area (Å²) in [5.74, 6) is 0.895. The minimum Gasteiger partial charge on any atom is -0.0739 e. The first-order valence-electron chi connectivity index (χ1n) is 7.52. The fourth-order valence-corrected chi connectivity index (χ4v) is 2.50. The Morgan fingerprint density at radius 1 is 1.12 bits per heavy atom. The van der Waals surface area contributed by atoms with Gasteiger partial charge in [0.25, 0.3) is 0 Å². The Balaban J connectivity index is 4.30. The van der Waals surface area contributed by atoms with Gasteiger partial charge in [0.05, 0.1) is 0 Å². The van der Waals surface area contributed by atoms with Gasteiger partial charge in [-0.15, -0.1) is 0 Å². The molecule has 0 rings (SSSR count). The summed E-state index contributed by atoms with van der Waals surface area (Å²) < 4.78 is 0. The van der Waals surface area contributed by atoms with Crippen LogP contribution in [0.15, 0.2) is 11.1 Å². The first-order valence-corrected chi connectivity index (χ1v) is 7.52. The molecule has 0 N–H and O–H groups in total. The van der Waals surface area contributed by atoms with Crippen LogP contribution in [-0.4, -0.2) is 0 Å². The van der Waals surface area contributed by atoms with E-state index in [4.69, 9.17) is 0 Å². The van der Waals surface area contributed by atoms with E-state index in [1.807, 2.05) is 0 Å². The molecule has 102 valence electrons. The van der Waals surface area contributed by atoms with Crippen molar-refractivity contribution in [1.82, 2.24) is 0 Å². The molecular weight excluding hydrogens is 204 g/mol. The molecule has 0 aromatic rings. The highest BCUT2D eigenvalue weighted by Gasteiger charge is 2.20. The molecule has 17 heavy (non-hydrogen) atoms. The Kier molecular flexibility index (Phi) is 7.83. The van der Waals surface area contributed by atoms with Crippen LogP contribution < -0.4 is 0 Å². The zero-order valence-electron chi connectivity index (χ0n) is 13.3. The summed E-state index contributed by atoms with van der Waals surface area (Å²) in [7, 11) is 0. The van der Waals surface area contributed by atoms with E-state index in [0.29, 0.717) is 5.41 Å². The zero-order chi connectivity index (χ0) is 13.5. The first kappa shape index (κ1) is 16.7. The average molecular weight is 238 g/mol. The fraction of sp³-hybridized carbons (Fsp3) is 0.882. The van der Waals surface area contributed by atoms with E-state index in [-0.39, 0.29) is 0 Å². The molecular formula is C17H34. The molecule has 0 spiro atoms. The monoisotopic (exact) mass is 238 g/mol. The summed E-state index contributed by atoms with van der Waals surface area (Å²) in [4.78, 5) is 0. The van der Waals surface area contributed by atoms with E-state index < -0.39 is 0 Å². The maximum absolute atomic E-state index is 2.39. The van der Waals surface area contributed by atoms with E-state index in [1.165, 1.54) is 38.5 Å². The molecule has 1 atom stereocenters. The standard InChI is InChI=1S/C17H34/c1-8-13-17(6,7)16(5)15(4)12-10-11-14(3)9-2/h14H,8-13H2,1-7H3. The second kappa shape index (κ2) is 7.95. The Morgan fingerprint density at radius 2 is 1.71 bits per heavy atom. The predicted octanol–water partition coefficient (Wildman–Crippen LogP) is 6.37. The van der Waals surface area contributed by atoms with Gasteiger partial charge in [0, 0.05) is 0 Å². The summed E-state index contributed by atoms with van der Waals surface area (Å²) >= 11 is 0. The summed E-state index contributed by atoms with van der Waals surface area (Å²) in [6, 6.07) is 0. The van der Waals surface area contributed by atoms with E-state index in [1.54, 1.807) is 11.1 Å². The van der Waals surface area contributed by atoms with Gasteiger partial charge < -0.3 is 0 Å². The SMILES string of the molecule is CCCC(C)(C)C(C)=C(C)CCCC(C)CC. The molecule has 1 unspecified atom stereocenters.